The van der Waals surface area contributed by atoms with E-state index in [1.165, 1.54) is 6.07 Å². The van der Waals surface area contributed by atoms with Crippen molar-refractivity contribution in [3.63, 3.8) is 0 Å². The van der Waals surface area contributed by atoms with E-state index in [-0.39, 0.29) is 11.3 Å². The lowest BCUT2D eigenvalue weighted by atomic mass is 10.1. The molecular formula is C14H12IN3O3. The second kappa shape index (κ2) is 6.17. The molecule has 0 atom stereocenters. The van der Waals surface area contributed by atoms with Gasteiger partial charge in [-0.05, 0) is 54.6 Å². The molecule has 0 radical (unpaired) electrons. The molecule has 0 aliphatic carbocycles. The summed E-state index contributed by atoms with van der Waals surface area (Å²) in [4.78, 5) is 26.8. The Morgan fingerprint density at radius 3 is 2.62 bits per heavy atom. The van der Waals surface area contributed by atoms with Crippen LogP contribution in [0.5, 0.6) is 0 Å². The second-order valence-corrected chi connectivity index (χ2v) is 5.64. The average molecular weight is 397 g/mol. The fraction of sp³-hybridized carbons (Fsp3) is 0.143. The number of hydrogen-bond acceptors (Lipinski definition) is 4. The molecule has 7 heteroatoms. The van der Waals surface area contributed by atoms with Gasteiger partial charge in [0.05, 0.1) is 10.6 Å². The largest absolute Gasteiger partial charge is 0.307 e. The van der Waals surface area contributed by atoms with E-state index >= 15 is 0 Å². The molecule has 6 nitrogen and oxygen atoms in total. The van der Waals surface area contributed by atoms with Crippen LogP contribution in [0.3, 0.4) is 0 Å². The average Bonchev–Trinajstić information content (AvgIpc) is 2.43. The highest BCUT2D eigenvalue weighted by atomic mass is 127. The van der Waals surface area contributed by atoms with E-state index in [1.54, 1.807) is 25.1 Å². The van der Waals surface area contributed by atoms with Crippen molar-refractivity contribution in [1.29, 1.82) is 0 Å². The van der Waals surface area contributed by atoms with Crippen molar-refractivity contribution in [3.8, 4) is 0 Å². The minimum Gasteiger partial charge on any atom is -0.307 e. The maximum Gasteiger partial charge on any atom is 0.273 e. The number of pyridine rings is 1. The molecule has 1 aromatic heterocycles. The van der Waals surface area contributed by atoms with Crippen molar-refractivity contribution in [2.45, 2.75) is 13.8 Å². The Morgan fingerprint density at radius 2 is 2.00 bits per heavy atom. The number of amides is 1. The van der Waals surface area contributed by atoms with Gasteiger partial charge in [0.15, 0.2) is 0 Å². The summed E-state index contributed by atoms with van der Waals surface area (Å²) >= 11 is 2.15. The number of aryl methyl sites for hydroxylation is 2. The molecular weight excluding hydrogens is 385 g/mol. The highest BCUT2D eigenvalue weighted by Gasteiger charge is 2.15. The van der Waals surface area contributed by atoms with Crippen LogP contribution in [0.25, 0.3) is 0 Å². The Morgan fingerprint density at radius 1 is 1.29 bits per heavy atom. The lowest BCUT2D eigenvalue weighted by molar-refractivity contribution is -0.385. The number of benzene rings is 1. The molecule has 0 saturated heterocycles. The van der Waals surface area contributed by atoms with E-state index in [1.807, 2.05) is 13.0 Å². The number of anilines is 1. The first-order valence-electron chi connectivity index (χ1n) is 6.08. The van der Waals surface area contributed by atoms with Gasteiger partial charge in [-0.1, -0.05) is 6.07 Å². The first-order chi connectivity index (χ1) is 9.88. The SMILES string of the molecule is Cc1ccc(C(=O)Nc2ccc(I)c(C)n2)cc1[N+](=O)[O-]. The van der Waals surface area contributed by atoms with Gasteiger partial charge in [-0.15, -0.1) is 0 Å². The number of aromatic nitrogens is 1. The summed E-state index contributed by atoms with van der Waals surface area (Å²) in [7, 11) is 0. The Hall–Kier alpha value is -2.03. The van der Waals surface area contributed by atoms with Gasteiger partial charge in [-0.25, -0.2) is 4.98 Å². The maximum absolute atomic E-state index is 12.1. The van der Waals surface area contributed by atoms with Crippen molar-refractivity contribution in [2.24, 2.45) is 0 Å². The fourth-order valence-electron chi connectivity index (χ4n) is 1.75. The van der Waals surface area contributed by atoms with Crippen LogP contribution in [0, 0.1) is 27.5 Å². The minimum absolute atomic E-state index is 0.0746. The predicted molar refractivity (Wildman–Crippen MR) is 87.5 cm³/mol. The summed E-state index contributed by atoms with van der Waals surface area (Å²) in [5.41, 5.74) is 1.47. The monoisotopic (exact) mass is 397 g/mol. The van der Waals surface area contributed by atoms with Crippen LogP contribution in [-0.2, 0) is 0 Å². The topological polar surface area (TPSA) is 85.1 Å². The third-order valence-corrected chi connectivity index (χ3v) is 4.07. The van der Waals surface area contributed by atoms with Crippen LogP contribution in [0.2, 0.25) is 0 Å². The summed E-state index contributed by atoms with van der Waals surface area (Å²) in [5, 5.41) is 13.5. The number of nitro groups is 1. The van der Waals surface area contributed by atoms with Crippen molar-refractivity contribution in [1.82, 2.24) is 4.98 Å². The van der Waals surface area contributed by atoms with Crippen molar-refractivity contribution >= 4 is 40.0 Å². The molecule has 0 aliphatic heterocycles. The molecule has 0 aliphatic rings. The summed E-state index contributed by atoms with van der Waals surface area (Å²) < 4.78 is 0.997. The number of hydrogen-bond donors (Lipinski definition) is 1. The van der Waals surface area contributed by atoms with Crippen LogP contribution in [-0.4, -0.2) is 15.8 Å². The molecule has 1 N–H and O–H groups in total. The number of nitrogens with zero attached hydrogens (tertiary/aromatic N) is 2. The second-order valence-electron chi connectivity index (χ2n) is 4.48. The van der Waals surface area contributed by atoms with Gasteiger partial charge in [0.1, 0.15) is 5.82 Å². The molecule has 21 heavy (non-hydrogen) atoms. The number of nitro benzene ring substituents is 1. The molecule has 0 unspecified atom stereocenters. The third kappa shape index (κ3) is 3.54. The summed E-state index contributed by atoms with van der Waals surface area (Å²) in [6.07, 6.45) is 0. The van der Waals surface area contributed by atoms with E-state index in [0.29, 0.717) is 11.4 Å². The van der Waals surface area contributed by atoms with E-state index in [0.717, 1.165) is 9.26 Å². The van der Waals surface area contributed by atoms with Crippen LogP contribution in [0.15, 0.2) is 30.3 Å². The molecule has 0 bridgehead atoms. The molecule has 1 amide bonds. The Kier molecular flexibility index (Phi) is 4.51. The smallest absolute Gasteiger partial charge is 0.273 e. The number of carbonyl (C=O) groups is 1. The normalized spacial score (nSPS) is 10.2. The zero-order valence-electron chi connectivity index (χ0n) is 11.4. The predicted octanol–water partition coefficient (Wildman–Crippen LogP) is 3.46. The van der Waals surface area contributed by atoms with Crippen molar-refractivity contribution in [2.75, 3.05) is 5.32 Å². The van der Waals surface area contributed by atoms with Crippen molar-refractivity contribution in [3.05, 3.63) is 60.8 Å². The van der Waals surface area contributed by atoms with Crippen molar-refractivity contribution < 1.29 is 9.72 Å². The Bertz CT molecular complexity index is 731. The van der Waals surface area contributed by atoms with Crippen LogP contribution < -0.4 is 5.32 Å². The maximum atomic E-state index is 12.1. The number of rotatable bonds is 3. The quantitative estimate of drug-likeness (QED) is 0.488. The molecule has 2 rings (SSSR count). The zero-order chi connectivity index (χ0) is 15.6. The van der Waals surface area contributed by atoms with Crippen LogP contribution in [0.4, 0.5) is 11.5 Å². The third-order valence-electron chi connectivity index (χ3n) is 2.93. The number of carbonyl (C=O) groups excluding carboxylic acids is 1. The highest BCUT2D eigenvalue weighted by molar-refractivity contribution is 14.1. The fourth-order valence-corrected chi connectivity index (χ4v) is 2.05. The Balaban J connectivity index is 2.26. The molecule has 1 heterocycles. The van der Waals surface area contributed by atoms with E-state index in [4.69, 9.17) is 0 Å². The van der Waals surface area contributed by atoms with E-state index in [9.17, 15) is 14.9 Å². The highest BCUT2D eigenvalue weighted by Crippen LogP contribution is 2.20. The first-order valence-corrected chi connectivity index (χ1v) is 7.16. The minimum atomic E-state index is -0.501. The molecule has 108 valence electrons. The first kappa shape index (κ1) is 15.4. The number of halogens is 1. The lowest BCUT2D eigenvalue weighted by Crippen LogP contribution is -2.13. The molecule has 0 fully saturated rings. The summed E-state index contributed by atoms with van der Waals surface area (Å²) in [5.74, 6) is -0.00708. The lowest BCUT2D eigenvalue weighted by Gasteiger charge is -2.07. The van der Waals surface area contributed by atoms with E-state index in [2.05, 4.69) is 32.9 Å². The zero-order valence-corrected chi connectivity index (χ0v) is 13.5. The van der Waals surface area contributed by atoms with Gasteiger partial charge in [0.25, 0.3) is 11.6 Å². The van der Waals surface area contributed by atoms with Crippen LogP contribution >= 0.6 is 22.6 Å². The van der Waals surface area contributed by atoms with E-state index < -0.39 is 10.8 Å². The summed E-state index contributed by atoms with van der Waals surface area (Å²) in [6.45, 7) is 3.47. The van der Waals surface area contributed by atoms with Gasteiger partial charge >= 0.3 is 0 Å². The molecule has 0 saturated carbocycles. The van der Waals surface area contributed by atoms with Gasteiger partial charge in [-0.3, -0.25) is 14.9 Å². The number of nitrogens with one attached hydrogen (secondary N) is 1. The summed E-state index contributed by atoms with van der Waals surface area (Å²) in [6, 6.07) is 7.91. The standard InChI is InChI=1S/C14H12IN3O3/c1-8-3-4-10(7-12(8)18(20)21)14(19)17-13-6-5-11(15)9(2)16-13/h3-7H,1-2H3,(H,16,17,19). The van der Waals surface area contributed by atoms with Gasteiger partial charge in [-0.2, -0.15) is 0 Å². The van der Waals surface area contributed by atoms with Crippen LogP contribution in [0.1, 0.15) is 21.6 Å². The van der Waals surface area contributed by atoms with Gasteiger partial charge in [0, 0.05) is 20.8 Å². The van der Waals surface area contributed by atoms with Gasteiger partial charge < -0.3 is 5.32 Å². The van der Waals surface area contributed by atoms with Gasteiger partial charge in [0.2, 0.25) is 0 Å². The molecule has 1 aromatic carbocycles. The molecule has 0 spiro atoms. The Labute approximate surface area is 134 Å². The molecule has 2 aromatic rings.